The van der Waals surface area contributed by atoms with E-state index in [9.17, 15) is 0 Å². The summed E-state index contributed by atoms with van der Waals surface area (Å²) >= 11 is 3.56. The third-order valence-corrected chi connectivity index (χ3v) is 3.63. The summed E-state index contributed by atoms with van der Waals surface area (Å²) in [5.74, 6) is 1.91. The van der Waals surface area contributed by atoms with Gasteiger partial charge in [-0.05, 0) is 30.9 Å². The third-order valence-electron chi connectivity index (χ3n) is 2.71. The van der Waals surface area contributed by atoms with Crippen LogP contribution in [-0.2, 0) is 0 Å². The highest BCUT2D eigenvalue weighted by Crippen LogP contribution is 2.22. The number of hydrogen-bond acceptors (Lipinski definition) is 2. The van der Waals surface area contributed by atoms with Crippen LogP contribution in [0.15, 0.2) is 24.4 Å². The molecule has 1 aromatic heterocycles. The molecule has 0 aliphatic carbocycles. The number of halogens is 1. The zero-order valence-electron chi connectivity index (χ0n) is 8.19. The highest BCUT2D eigenvalue weighted by Gasteiger charge is 2.19. The maximum absolute atomic E-state index is 4.38. The minimum absolute atomic E-state index is 0.783. The fourth-order valence-electron chi connectivity index (χ4n) is 1.94. The van der Waals surface area contributed by atoms with E-state index in [2.05, 4.69) is 37.9 Å². The van der Waals surface area contributed by atoms with Gasteiger partial charge < -0.3 is 4.90 Å². The molecule has 0 N–H and O–H groups in total. The van der Waals surface area contributed by atoms with Crippen molar-refractivity contribution < 1.29 is 0 Å². The van der Waals surface area contributed by atoms with Gasteiger partial charge in [0, 0.05) is 24.6 Å². The van der Waals surface area contributed by atoms with Gasteiger partial charge in [-0.2, -0.15) is 0 Å². The number of nitrogens with zero attached hydrogens (tertiary/aromatic N) is 2. The van der Waals surface area contributed by atoms with E-state index in [1.807, 2.05) is 12.3 Å². The minimum atomic E-state index is 0.783. The number of aromatic nitrogens is 1. The van der Waals surface area contributed by atoms with Gasteiger partial charge in [0.15, 0.2) is 0 Å². The SMILES string of the molecule is BrCC1CCCN(c2ccccn2)C1. The number of hydrogen-bond donors (Lipinski definition) is 0. The molecule has 0 saturated carbocycles. The fourth-order valence-corrected chi connectivity index (χ4v) is 2.47. The lowest BCUT2D eigenvalue weighted by Gasteiger charge is -2.32. The van der Waals surface area contributed by atoms with Crippen molar-refractivity contribution >= 4 is 21.7 Å². The van der Waals surface area contributed by atoms with Gasteiger partial charge >= 0.3 is 0 Å². The van der Waals surface area contributed by atoms with Crippen molar-refractivity contribution in [2.24, 2.45) is 5.92 Å². The number of piperidine rings is 1. The first-order chi connectivity index (χ1) is 6.90. The molecule has 1 saturated heterocycles. The summed E-state index contributed by atoms with van der Waals surface area (Å²) in [5, 5.41) is 1.11. The molecule has 0 aromatic carbocycles. The second-order valence-corrected chi connectivity index (χ2v) is 4.44. The lowest BCUT2D eigenvalue weighted by Crippen LogP contribution is -2.36. The molecule has 1 aliphatic rings. The Morgan fingerprint density at radius 2 is 2.43 bits per heavy atom. The maximum Gasteiger partial charge on any atom is 0.128 e. The Kier molecular flexibility index (Phi) is 3.40. The Hall–Kier alpha value is -0.570. The lowest BCUT2D eigenvalue weighted by molar-refractivity contribution is 0.453. The number of anilines is 1. The Morgan fingerprint density at radius 1 is 1.50 bits per heavy atom. The summed E-state index contributed by atoms with van der Waals surface area (Å²) in [6, 6.07) is 6.12. The molecule has 2 heterocycles. The summed E-state index contributed by atoms with van der Waals surface area (Å²) in [5.41, 5.74) is 0. The van der Waals surface area contributed by atoms with Crippen molar-refractivity contribution in [3.8, 4) is 0 Å². The topological polar surface area (TPSA) is 16.1 Å². The van der Waals surface area contributed by atoms with Crippen LogP contribution in [0.3, 0.4) is 0 Å². The zero-order chi connectivity index (χ0) is 9.80. The summed E-state index contributed by atoms with van der Waals surface area (Å²) in [4.78, 5) is 6.77. The van der Waals surface area contributed by atoms with Crippen molar-refractivity contribution in [1.82, 2.24) is 4.98 Å². The first-order valence-electron chi connectivity index (χ1n) is 5.12. The van der Waals surface area contributed by atoms with Crippen LogP contribution in [0.25, 0.3) is 0 Å². The van der Waals surface area contributed by atoms with Crippen LogP contribution in [-0.4, -0.2) is 23.4 Å². The summed E-state index contributed by atoms with van der Waals surface area (Å²) in [6.07, 6.45) is 4.49. The van der Waals surface area contributed by atoms with Gasteiger partial charge in [0.1, 0.15) is 5.82 Å². The van der Waals surface area contributed by atoms with E-state index in [1.54, 1.807) is 0 Å². The average molecular weight is 255 g/mol. The second kappa shape index (κ2) is 4.78. The standard InChI is InChI=1S/C11H15BrN2/c12-8-10-4-3-7-14(9-10)11-5-1-2-6-13-11/h1-2,5-6,10H,3-4,7-9H2. The van der Waals surface area contributed by atoms with Crippen molar-refractivity contribution in [3.05, 3.63) is 24.4 Å². The van der Waals surface area contributed by atoms with Gasteiger partial charge in [-0.1, -0.05) is 22.0 Å². The molecule has 1 aliphatic heterocycles. The molecule has 1 aromatic rings. The Balaban J connectivity index is 2.04. The minimum Gasteiger partial charge on any atom is -0.356 e. The predicted molar refractivity (Wildman–Crippen MR) is 63.0 cm³/mol. The fraction of sp³-hybridized carbons (Fsp3) is 0.545. The summed E-state index contributed by atoms with van der Waals surface area (Å²) in [7, 11) is 0. The molecule has 0 radical (unpaired) electrons. The smallest absolute Gasteiger partial charge is 0.128 e. The van der Waals surface area contributed by atoms with E-state index in [4.69, 9.17) is 0 Å². The van der Waals surface area contributed by atoms with Gasteiger partial charge in [-0.25, -0.2) is 4.98 Å². The molecule has 0 bridgehead atoms. The van der Waals surface area contributed by atoms with Crippen LogP contribution in [0.1, 0.15) is 12.8 Å². The number of alkyl halides is 1. The van der Waals surface area contributed by atoms with Crippen LogP contribution in [0.5, 0.6) is 0 Å². The van der Waals surface area contributed by atoms with E-state index in [0.29, 0.717) is 0 Å². The van der Waals surface area contributed by atoms with E-state index in [0.717, 1.165) is 30.2 Å². The zero-order valence-corrected chi connectivity index (χ0v) is 9.78. The van der Waals surface area contributed by atoms with Crippen LogP contribution in [0.4, 0.5) is 5.82 Å². The molecule has 0 spiro atoms. The molecular formula is C11H15BrN2. The van der Waals surface area contributed by atoms with Gasteiger partial charge in [-0.15, -0.1) is 0 Å². The van der Waals surface area contributed by atoms with Crippen LogP contribution >= 0.6 is 15.9 Å². The molecule has 0 amide bonds. The van der Waals surface area contributed by atoms with Gasteiger partial charge in [0.05, 0.1) is 0 Å². The van der Waals surface area contributed by atoms with E-state index in [1.165, 1.54) is 12.8 Å². The molecule has 1 atom stereocenters. The predicted octanol–water partition coefficient (Wildman–Crippen LogP) is 2.69. The van der Waals surface area contributed by atoms with E-state index < -0.39 is 0 Å². The summed E-state index contributed by atoms with van der Waals surface area (Å²) < 4.78 is 0. The van der Waals surface area contributed by atoms with Gasteiger partial charge in [0.2, 0.25) is 0 Å². The number of pyridine rings is 1. The molecule has 14 heavy (non-hydrogen) atoms. The molecule has 76 valence electrons. The molecular weight excluding hydrogens is 240 g/mol. The molecule has 2 nitrogen and oxygen atoms in total. The van der Waals surface area contributed by atoms with Crippen LogP contribution in [0.2, 0.25) is 0 Å². The van der Waals surface area contributed by atoms with Gasteiger partial charge in [-0.3, -0.25) is 0 Å². The van der Waals surface area contributed by atoms with Crippen molar-refractivity contribution in [3.63, 3.8) is 0 Å². The Morgan fingerprint density at radius 3 is 3.14 bits per heavy atom. The second-order valence-electron chi connectivity index (χ2n) is 3.80. The first-order valence-corrected chi connectivity index (χ1v) is 6.24. The molecule has 3 heteroatoms. The van der Waals surface area contributed by atoms with Gasteiger partial charge in [0.25, 0.3) is 0 Å². The van der Waals surface area contributed by atoms with E-state index >= 15 is 0 Å². The van der Waals surface area contributed by atoms with Crippen LogP contribution in [0, 0.1) is 5.92 Å². The maximum atomic E-state index is 4.38. The summed E-state index contributed by atoms with van der Waals surface area (Å²) in [6.45, 7) is 2.29. The van der Waals surface area contributed by atoms with Crippen molar-refractivity contribution in [2.75, 3.05) is 23.3 Å². The highest BCUT2D eigenvalue weighted by atomic mass is 79.9. The molecule has 1 unspecified atom stereocenters. The van der Waals surface area contributed by atoms with Crippen molar-refractivity contribution in [1.29, 1.82) is 0 Å². The largest absolute Gasteiger partial charge is 0.356 e. The van der Waals surface area contributed by atoms with E-state index in [-0.39, 0.29) is 0 Å². The lowest BCUT2D eigenvalue weighted by atomic mass is 10.0. The van der Waals surface area contributed by atoms with Crippen molar-refractivity contribution in [2.45, 2.75) is 12.8 Å². The van der Waals surface area contributed by atoms with Crippen LogP contribution < -0.4 is 4.90 Å². The monoisotopic (exact) mass is 254 g/mol. The highest BCUT2D eigenvalue weighted by molar-refractivity contribution is 9.09. The normalized spacial score (nSPS) is 22.4. The Labute approximate surface area is 93.5 Å². The number of rotatable bonds is 2. The average Bonchev–Trinajstić information content (AvgIpc) is 2.30. The Bertz CT molecular complexity index is 276. The quantitative estimate of drug-likeness (QED) is 0.755. The third kappa shape index (κ3) is 2.27. The molecule has 2 rings (SSSR count). The molecule has 1 fully saturated rings. The first kappa shape index (κ1) is 9.97.